The van der Waals surface area contributed by atoms with Gasteiger partial charge < -0.3 is 14.5 Å². The van der Waals surface area contributed by atoms with Crippen molar-refractivity contribution in [2.45, 2.75) is 0 Å². The van der Waals surface area contributed by atoms with Crippen LogP contribution in [0.5, 0.6) is 11.5 Å². The molecule has 2 aromatic carbocycles. The van der Waals surface area contributed by atoms with Crippen LogP contribution in [0.1, 0.15) is 10.4 Å². The van der Waals surface area contributed by atoms with Gasteiger partial charge in [-0.3, -0.25) is 4.79 Å². The number of amides is 1. The number of rotatable bonds is 4. The van der Waals surface area contributed by atoms with Gasteiger partial charge in [0.15, 0.2) is 0 Å². The molecule has 1 amide bonds. The monoisotopic (exact) mass is 393 g/mol. The van der Waals surface area contributed by atoms with Crippen molar-refractivity contribution in [1.82, 2.24) is 9.88 Å². The van der Waals surface area contributed by atoms with E-state index in [9.17, 15) is 4.79 Å². The Labute approximate surface area is 169 Å². The van der Waals surface area contributed by atoms with Crippen molar-refractivity contribution in [2.24, 2.45) is 0 Å². The van der Waals surface area contributed by atoms with Crippen LogP contribution in [-0.2, 0) is 0 Å². The summed E-state index contributed by atoms with van der Waals surface area (Å²) < 4.78 is 5.78. The Morgan fingerprint density at radius 2 is 1.54 bits per heavy atom. The number of carbonyl (C=O) groups is 1. The van der Waals surface area contributed by atoms with E-state index in [1.54, 1.807) is 6.20 Å². The van der Waals surface area contributed by atoms with Crippen molar-refractivity contribution in [2.75, 3.05) is 31.1 Å². The average molecular weight is 394 g/mol. The largest absolute Gasteiger partial charge is 0.457 e. The van der Waals surface area contributed by atoms with Crippen LogP contribution in [0, 0.1) is 0 Å². The van der Waals surface area contributed by atoms with Gasteiger partial charge in [0, 0.05) is 37.9 Å². The summed E-state index contributed by atoms with van der Waals surface area (Å²) in [4.78, 5) is 21.2. The van der Waals surface area contributed by atoms with E-state index in [4.69, 9.17) is 16.3 Å². The molecular weight excluding hydrogens is 374 g/mol. The van der Waals surface area contributed by atoms with Crippen molar-refractivity contribution in [3.8, 4) is 11.5 Å². The molecule has 0 bridgehead atoms. The van der Waals surface area contributed by atoms with Crippen molar-refractivity contribution < 1.29 is 9.53 Å². The van der Waals surface area contributed by atoms with Gasteiger partial charge in [-0.25, -0.2) is 4.98 Å². The van der Waals surface area contributed by atoms with E-state index in [2.05, 4.69) is 9.88 Å². The first-order valence-corrected chi connectivity index (χ1v) is 9.55. The predicted molar refractivity (Wildman–Crippen MR) is 110 cm³/mol. The van der Waals surface area contributed by atoms with E-state index >= 15 is 0 Å². The third-order valence-electron chi connectivity index (χ3n) is 4.68. The lowest BCUT2D eigenvalue weighted by Crippen LogP contribution is -2.49. The highest BCUT2D eigenvalue weighted by molar-refractivity contribution is 6.30. The minimum atomic E-state index is 0.0370. The van der Waals surface area contributed by atoms with Gasteiger partial charge in [0.1, 0.15) is 17.3 Å². The maximum absolute atomic E-state index is 12.8. The first-order chi connectivity index (χ1) is 13.7. The second kappa shape index (κ2) is 8.31. The molecule has 1 saturated heterocycles. The molecule has 0 radical (unpaired) electrons. The molecule has 5 nitrogen and oxygen atoms in total. The molecule has 2 heterocycles. The molecule has 0 saturated carbocycles. The van der Waals surface area contributed by atoms with Crippen LogP contribution < -0.4 is 9.64 Å². The lowest BCUT2D eigenvalue weighted by atomic mass is 10.1. The van der Waals surface area contributed by atoms with Crippen LogP contribution in [0.25, 0.3) is 0 Å². The lowest BCUT2D eigenvalue weighted by molar-refractivity contribution is 0.0746. The summed E-state index contributed by atoms with van der Waals surface area (Å²) in [5.41, 5.74) is 0.665. The summed E-state index contributed by atoms with van der Waals surface area (Å²) in [6, 6.07) is 20.6. The molecular formula is C22H20ClN3O2. The lowest BCUT2D eigenvalue weighted by Gasteiger charge is -2.35. The summed E-state index contributed by atoms with van der Waals surface area (Å²) in [6.07, 6.45) is 1.65. The standard InChI is InChI=1S/C22H20ClN3O2/c23-18-8-11-21(24-16-18)25-12-14-26(15-13-25)22(27)17-6-9-20(10-7-17)28-19-4-2-1-3-5-19/h1-11,16H,12-15H2. The molecule has 3 aromatic rings. The van der Waals surface area contributed by atoms with E-state index in [0.717, 1.165) is 24.7 Å². The van der Waals surface area contributed by atoms with Gasteiger partial charge in [-0.05, 0) is 48.5 Å². The normalized spacial score (nSPS) is 14.0. The fourth-order valence-corrected chi connectivity index (χ4v) is 3.28. The van der Waals surface area contributed by atoms with E-state index in [1.807, 2.05) is 71.6 Å². The summed E-state index contributed by atoms with van der Waals surface area (Å²) in [5, 5.41) is 0.622. The quantitative estimate of drug-likeness (QED) is 0.655. The second-order valence-electron chi connectivity index (χ2n) is 6.55. The Balaban J connectivity index is 1.35. The van der Waals surface area contributed by atoms with Gasteiger partial charge in [-0.2, -0.15) is 0 Å². The second-order valence-corrected chi connectivity index (χ2v) is 6.99. The number of piperazine rings is 1. The minimum absolute atomic E-state index is 0.0370. The Morgan fingerprint density at radius 3 is 2.18 bits per heavy atom. The molecule has 1 fully saturated rings. The molecule has 0 unspecified atom stereocenters. The SMILES string of the molecule is O=C(c1ccc(Oc2ccccc2)cc1)N1CCN(c2ccc(Cl)cn2)CC1. The van der Waals surface area contributed by atoms with Gasteiger partial charge in [-0.15, -0.1) is 0 Å². The maximum atomic E-state index is 12.8. The zero-order valence-electron chi connectivity index (χ0n) is 15.3. The predicted octanol–water partition coefficient (Wildman–Crippen LogP) is 4.49. The molecule has 28 heavy (non-hydrogen) atoms. The molecule has 0 spiro atoms. The summed E-state index contributed by atoms with van der Waals surface area (Å²) >= 11 is 5.90. The van der Waals surface area contributed by atoms with Gasteiger partial charge in [-0.1, -0.05) is 29.8 Å². The molecule has 1 aliphatic rings. The van der Waals surface area contributed by atoms with Gasteiger partial charge in [0.25, 0.3) is 5.91 Å². The van der Waals surface area contributed by atoms with E-state index in [1.165, 1.54) is 0 Å². The molecule has 1 aromatic heterocycles. The smallest absolute Gasteiger partial charge is 0.253 e. The highest BCUT2D eigenvalue weighted by Gasteiger charge is 2.22. The third kappa shape index (κ3) is 4.26. The number of aromatic nitrogens is 1. The first-order valence-electron chi connectivity index (χ1n) is 9.18. The summed E-state index contributed by atoms with van der Waals surface area (Å²) in [5.74, 6) is 2.41. The topological polar surface area (TPSA) is 45.7 Å². The van der Waals surface area contributed by atoms with E-state index in [0.29, 0.717) is 29.4 Å². The number of nitrogens with zero attached hydrogens (tertiary/aromatic N) is 3. The summed E-state index contributed by atoms with van der Waals surface area (Å²) in [7, 11) is 0. The van der Waals surface area contributed by atoms with Crippen molar-refractivity contribution >= 4 is 23.3 Å². The third-order valence-corrected chi connectivity index (χ3v) is 4.91. The molecule has 142 valence electrons. The van der Waals surface area contributed by atoms with Crippen LogP contribution in [0.3, 0.4) is 0 Å². The Kier molecular flexibility index (Phi) is 5.44. The molecule has 0 atom stereocenters. The number of benzene rings is 2. The molecule has 4 rings (SSSR count). The van der Waals surface area contributed by atoms with Crippen LogP contribution in [0.4, 0.5) is 5.82 Å². The minimum Gasteiger partial charge on any atom is -0.457 e. The van der Waals surface area contributed by atoms with Crippen molar-refractivity contribution in [3.05, 3.63) is 83.5 Å². The van der Waals surface area contributed by atoms with Crippen molar-refractivity contribution in [1.29, 1.82) is 0 Å². The highest BCUT2D eigenvalue weighted by atomic mass is 35.5. The fraction of sp³-hybridized carbons (Fsp3) is 0.182. The number of anilines is 1. The van der Waals surface area contributed by atoms with Crippen LogP contribution in [-0.4, -0.2) is 42.0 Å². The highest BCUT2D eigenvalue weighted by Crippen LogP contribution is 2.22. The van der Waals surface area contributed by atoms with Gasteiger partial charge in [0.2, 0.25) is 0 Å². The molecule has 6 heteroatoms. The number of hydrogen-bond acceptors (Lipinski definition) is 4. The molecule has 0 aliphatic carbocycles. The zero-order valence-corrected chi connectivity index (χ0v) is 16.0. The Morgan fingerprint density at radius 1 is 0.857 bits per heavy atom. The number of halogens is 1. The van der Waals surface area contributed by atoms with E-state index < -0.39 is 0 Å². The average Bonchev–Trinajstić information content (AvgIpc) is 2.75. The Bertz CT molecular complexity index is 922. The van der Waals surface area contributed by atoms with Crippen molar-refractivity contribution in [3.63, 3.8) is 0 Å². The molecule has 1 aliphatic heterocycles. The van der Waals surface area contributed by atoms with Gasteiger partial charge in [0.05, 0.1) is 5.02 Å². The maximum Gasteiger partial charge on any atom is 0.253 e. The number of pyridine rings is 1. The Hall–Kier alpha value is -3.05. The zero-order chi connectivity index (χ0) is 19.3. The van der Waals surface area contributed by atoms with Crippen LogP contribution in [0.15, 0.2) is 72.9 Å². The molecule has 0 N–H and O–H groups in total. The number of ether oxygens (including phenoxy) is 1. The van der Waals surface area contributed by atoms with Crippen LogP contribution in [0.2, 0.25) is 5.02 Å². The number of para-hydroxylation sites is 1. The summed E-state index contributed by atoms with van der Waals surface area (Å²) in [6.45, 7) is 2.81. The number of hydrogen-bond donors (Lipinski definition) is 0. The van der Waals surface area contributed by atoms with E-state index in [-0.39, 0.29) is 5.91 Å². The fourth-order valence-electron chi connectivity index (χ4n) is 3.17. The van der Waals surface area contributed by atoms with Crippen LogP contribution >= 0.6 is 11.6 Å². The number of carbonyl (C=O) groups excluding carboxylic acids is 1. The first kappa shape index (κ1) is 18.3. The van der Waals surface area contributed by atoms with Gasteiger partial charge >= 0.3 is 0 Å².